The SMILES string of the molecule is CC(C)C1CCC(=O)N(CCCCC(C)(C)C#N)CC1. The third kappa shape index (κ3) is 5.53. The Kier molecular flexibility index (Phi) is 6.52. The first kappa shape index (κ1) is 17.0. The van der Waals surface area contributed by atoms with E-state index in [0.717, 1.165) is 45.2 Å². The van der Waals surface area contributed by atoms with Gasteiger partial charge in [0, 0.05) is 19.5 Å². The number of amides is 1. The van der Waals surface area contributed by atoms with Gasteiger partial charge in [0.05, 0.1) is 11.5 Å². The van der Waals surface area contributed by atoms with E-state index in [2.05, 4.69) is 19.9 Å². The summed E-state index contributed by atoms with van der Waals surface area (Å²) in [5.41, 5.74) is -0.231. The van der Waals surface area contributed by atoms with E-state index < -0.39 is 0 Å². The molecule has 0 bridgehead atoms. The highest BCUT2D eigenvalue weighted by atomic mass is 16.2. The van der Waals surface area contributed by atoms with Crippen molar-refractivity contribution in [3.8, 4) is 6.07 Å². The van der Waals surface area contributed by atoms with Crippen LogP contribution in [0.25, 0.3) is 0 Å². The molecule has 3 heteroatoms. The van der Waals surface area contributed by atoms with Gasteiger partial charge < -0.3 is 4.90 Å². The van der Waals surface area contributed by atoms with Crippen molar-refractivity contribution in [2.45, 2.75) is 66.2 Å². The zero-order valence-corrected chi connectivity index (χ0v) is 13.6. The van der Waals surface area contributed by atoms with Crippen LogP contribution in [-0.2, 0) is 4.79 Å². The van der Waals surface area contributed by atoms with Crippen LogP contribution in [0.1, 0.15) is 66.2 Å². The molecule has 0 aromatic carbocycles. The first-order valence-corrected chi connectivity index (χ1v) is 8.05. The molecule has 1 atom stereocenters. The van der Waals surface area contributed by atoms with E-state index in [-0.39, 0.29) is 5.41 Å². The van der Waals surface area contributed by atoms with Gasteiger partial charge >= 0.3 is 0 Å². The average molecular weight is 278 g/mol. The van der Waals surface area contributed by atoms with Gasteiger partial charge in [0.1, 0.15) is 0 Å². The lowest BCUT2D eigenvalue weighted by molar-refractivity contribution is -0.130. The van der Waals surface area contributed by atoms with Crippen LogP contribution >= 0.6 is 0 Å². The molecular weight excluding hydrogens is 248 g/mol. The zero-order chi connectivity index (χ0) is 15.2. The third-order valence-electron chi connectivity index (χ3n) is 4.58. The number of nitriles is 1. The van der Waals surface area contributed by atoms with Crippen LogP contribution < -0.4 is 0 Å². The lowest BCUT2D eigenvalue weighted by Gasteiger charge is -2.22. The number of unbranched alkanes of at least 4 members (excludes halogenated alkanes) is 1. The molecule has 1 fully saturated rings. The summed E-state index contributed by atoms with van der Waals surface area (Å²) in [4.78, 5) is 14.1. The average Bonchev–Trinajstić information content (AvgIpc) is 2.57. The predicted molar refractivity (Wildman–Crippen MR) is 82.0 cm³/mol. The van der Waals surface area contributed by atoms with Gasteiger partial charge in [0.25, 0.3) is 0 Å². The maximum Gasteiger partial charge on any atom is 0.222 e. The molecule has 1 saturated heterocycles. The van der Waals surface area contributed by atoms with E-state index >= 15 is 0 Å². The lowest BCUT2D eigenvalue weighted by Crippen LogP contribution is -2.31. The van der Waals surface area contributed by atoms with Gasteiger partial charge in [-0.15, -0.1) is 0 Å². The fourth-order valence-corrected chi connectivity index (χ4v) is 2.89. The van der Waals surface area contributed by atoms with Crippen LogP contribution in [0.4, 0.5) is 0 Å². The van der Waals surface area contributed by atoms with Gasteiger partial charge in [-0.1, -0.05) is 20.3 Å². The van der Waals surface area contributed by atoms with Crippen molar-refractivity contribution in [3.63, 3.8) is 0 Å². The minimum absolute atomic E-state index is 0.231. The molecule has 1 aliphatic heterocycles. The second-order valence-corrected chi connectivity index (χ2v) is 7.17. The predicted octanol–water partition coefficient (Wildman–Crippen LogP) is 3.99. The van der Waals surface area contributed by atoms with Gasteiger partial charge in [0.15, 0.2) is 0 Å². The normalized spacial score (nSPS) is 20.9. The van der Waals surface area contributed by atoms with Gasteiger partial charge in [0.2, 0.25) is 5.91 Å². The molecule has 1 rings (SSSR count). The van der Waals surface area contributed by atoms with Crippen molar-refractivity contribution in [2.75, 3.05) is 13.1 Å². The zero-order valence-electron chi connectivity index (χ0n) is 13.6. The summed E-state index contributed by atoms with van der Waals surface area (Å²) in [6.07, 6.45) is 5.87. The number of rotatable bonds is 6. The van der Waals surface area contributed by atoms with Crippen molar-refractivity contribution in [2.24, 2.45) is 17.3 Å². The van der Waals surface area contributed by atoms with Crippen LogP contribution in [0.5, 0.6) is 0 Å². The molecule has 1 aliphatic rings. The van der Waals surface area contributed by atoms with Crippen molar-refractivity contribution in [3.05, 3.63) is 0 Å². The van der Waals surface area contributed by atoms with E-state index in [1.165, 1.54) is 0 Å². The molecule has 3 nitrogen and oxygen atoms in total. The number of likely N-dealkylation sites (tertiary alicyclic amines) is 1. The number of carbonyl (C=O) groups excluding carboxylic acids is 1. The summed E-state index contributed by atoms with van der Waals surface area (Å²) in [7, 11) is 0. The number of hydrogen-bond acceptors (Lipinski definition) is 2. The van der Waals surface area contributed by atoms with Crippen LogP contribution in [0.2, 0.25) is 0 Å². The molecular formula is C17H30N2O. The number of nitrogens with zero attached hydrogens (tertiary/aromatic N) is 2. The largest absolute Gasteiger partial charge is 0.343 e. The Hall–Kier alpha value is -1.04. The van der Waals surface area contributed by atoms with Crippen molar-refractivity contribution in [1.82, 2.24) is 4.90 Å². The fraction of sp³-hybridized carbons (Fsp3) is 0.882. The Bertz CT molecular complexity index is 354. The molecule has 1 heterocycles. The second-order valence-electron chi connectivity index (χ2n) is 7.17. The van der Waals surface area contributed by atoms with Crippen LogP contribution in [0, 0.1) is 28.6 Å². The summed E-state index contributed by atoms with van der Waals surface area (Å²) in [5, 5.41) is 8.99. The van der Waals surface area contributed by atoms with Gasteiger partial charge in [-0.3, -0.25) is 4.79 Å². The van der Waals surface area contributed by atoms with Gasteiger partial charge in [-0.05, 0) is 51.4 Å². The first-order valence-electron chi connectivity index (χ1n) is 8.05. The van der Waals surface area contributed by atoms with E-state index in [9.17, 15) is 4.79 Å². The monoisotopic (exact) mass is 278 g/mol. The second kappa shape index (κ2) is 7.67. The van der Waals surface area contributed by atoms with Crippen LogP contribution in [0.15, 0.2) is 0 Å². The van der Waals surface area contributed by atoms with E-state index in [1.54, 1.807) is 0 Å². The molecule has 0 aromatic heterocycles. The topological polar surface area (TPSA) is 44.1 Å². The molecule has 0 aromatic rings. The Labute approximate surface area is 124 Å². The molecule has 20 heavy (non-hydrogen) atoms. The molecule has 0 N–H and O–H groups in total. The highest BCUT2D eigenvalue weighted by Gasteiger charge is 2.24. The quantitative estimate of drug-likeness (QED) is 0.689. The smallest absolute Gasteiger partial charge is 0.222 e. The molecule has 1 amide bonds. The third-order valence-corrected chi connectivity index (χ3v) is 4.58. The van der Waals surface area contributed by atoms with Crippen LogP contribution in [0.3, 0.4) is 0 Å². The van der Waals surface area contributed by atoms with Gasteiger partial charge in [-0.2, -0.15) is 5.26 Å². The van der Waals surface area contributed by atoms with E-state index in [4.69, 9.17) is 5.26 Å². The Morgan fingerprint density at radius 2 is 2.05 bits per heavy atom. The molecule has 1 unspecified atom stereocenters. The number of carbonyl (C=O) groups is 1. The highest BCUT2D eigenvalue weighted by Crippen LogP contribution is 2.26. The Balaban J connectivity index is 2.33. The molecule has 114 valence electrons. The van der Waals surface area contributed by atoms with E-state index in [1.807, 2.05) is 18.7 Å². The van der Waals surface area contributed by atoms with Crippen molar-refractivity contribution < 1.29 is 4.79 Å². The lowest BCUT2D eigenvalue weighted by atomic mass is 9.89. The summed E-state index contributed by atoms with van der Waals surface area (Å²) < 4.78 is 0. The Morgan fingerprint density at radius 1 is 1.35 bits per heavy atom. The van der Waals surface area contributed by atoms with Crippen molar-refractivity contribution in [1.29, 1.82) is 5.26 Å². The maximum atomic E-state index is 12.1. The summed E-state index contributed by atoms with van der Waals surface area (Å²) in [6, 6.07) is 2.34. The van der Waals surface area contributed by atoms with Crippen molar-refractivity contribution >= 4 is 5.91 Å². The molecule has 0 radical (unpaired) electrons. The van der Waals surface area contributed by atoms with E-state index in [0.29, 0.717) is 24.2 Å². The highest BCUT2D eigenvalue weighted by molar-refractivity contribution is 5.76. The summed E-state index contributed by atoms with van der Waals surface area (Å²) >= 11 is 0. The number of hydrogen-bond donors (Lipinski definition) is 0. The Morgan fingerprint density at radius 3 is 2.65 bits per heavy atom. The minimum atomic E-state index is -0.231. The van der Waals surface area contributed by atoms with Gasteiger partial charge in [-0.25, -0.2) is 0 Å². The van der Waals surface area contributed by atoms with Crippen LogP contribution in [-0.4, -0.2) is 23.9 Å². The molecule has 0 saturated carbocycles. The molecule has 0 aliphatic carbocycles. The first-order chi connectivity index (χ1) is 9.35. The molecule has 0 spiro atoms. The summed E-state index contributed by atoms with van der Waals surface area (Å²) in [6.45, 7) is 10.3. The standard InChI is InChI=1S/C17H30N2O/c1-14(2)15-7-8-16(20)19(12-9-15)11-6-5-10-17(3,4)13-18/h14-15H,5-12H2,1-4H3. The summed E-state index contributed by atoms with van der Waals surface area (Å²) in [5.74, 6) is 1.70. The fourth-order valence-electron chi connectivity index (χ4n) is 2.89. The maximum absolute atomic E-state index is 12.1. The minimum Gasteiger partial charge on any atom is -0.343 e.